The van der Waals surface area contributed by atoms with Crippen molar-refractivity contribution in [1.29, 1.82) is 0 Å². The summed E-state index contributed by atoms with van der Waals surface area (Å²) in [5, 5.41) is 11.3. The maximum absolute atomic E-state index is 13.2. The molecule has 0 spiro atoms. The predicted molar refractivity (Wildman–Crippen MR) is 112 cm³/mol. The number of phenolic OH excluding ortho intramolecular Hbond substituents is 1. The molecule has 2 aliphatic heterocycles. The van der Waals surface area contributed by atoms with Crippen LogP contribution in [0.3, 0.4) is 0 Å². The molecule has 30 heavy (non-hydrogen) atoms. The summed E-state index contributed by atoms with van der Waals surface area (Å²) in [5.41, 5.74) is 5.24. The van der Waals surface area contributed by atoms with Crippen molar-refractivity contribution in [3.8, 4) is 17.1 Å². The standard InChI is InChI=1S/C23H23N3O4/c1-4-13-14-8-19-21-12(9-26(19)22(28)17(14)11-30-23(13)29)7-15-16(10-25(2)3)20(27)6-5-18(15)24-21/h5-8,13,27H,4,9-11H2,1-3H3/t13-/m1/s1. The molecule has 0 aliphatic carbocycles. The Balaban J connectivity index is 1.73. The molecule has 0 bridgehead atoms. The number of carbonyl (C=O) groups is 1. The van der Waals surface area contributed by atoms with Gasteiger partial charge in [0.1, 0.15) is 12.4 Å². The van der Waals surface area contributed by atoms with Crippen molar-refractivity contribution in [1.82, 2.24) is 14.5 Å². The van der Waals surface area contributed by atoms with Crippen molar-refractivity contribution in [3.63, 3.8) is 0 Å². The van der Waals surface area contributed by atoms with Gasteiger partial charge >= 0.3 is 5.97 Å². The third-order valence-corrected chi connectivity index (χ3v) is 6.07. The number of nitrogens with zero attached hydrogens (tertiary/aromatic N) is 3. The average molecular weight is 405 g/mol. The molecule has 1 aromatic carbocycles. The van der Waals surface area contributed by atoms with Gasteiger partial charge in [-0.1, -0.05) is 6.92 Å². The third kappa shape index (κ3) is 2.65. The van der Waals surface area contributed by atoms with E-state index in [9.17, 15) is 14.7 Å². The van der Waals surface area contributed by atoms with Gasteiger partial charge in [-0.15, -0.1) is 0 Å². The molecule has 0 amide bonds. The Morgan fingerprint density at radius 1 is 1.27 bits per heavy atom. The lowest BCUT2D eigenvalue weighted by atomic mass is 9.90. The first-order valence-electron chi connectivity index (χ1n) is 10.1. The molecule has 0 fully saturated rings. The summed E-state index contributed by atoms with van der Waals surface area (Å²) in [5.74, 6) is -0.453. The Hall–Kier alpha value is -3.19. The van der Waals surface area contributed by atoms with Crippen molar-refractivity contribution < 1.29 is 14.6 Å². The molecule has 4 heterocycles. The number of rotatable bonds is 3. The SMILES string of the molecule is CC[C@H]1C(=O)OCc2c1cc1n(c2=O)Cc2cc3c(CN(C)C)c(O)ccc3nc2-1. The summed E-state index contributed by atoms with van der Waals surface area (Å²) in [6, 6.07) is 7.44. The van der Waals surface area contributed by atoms with Gasteiger partial charge in [0, 0.05) is 23.1 Å². The van der Waals surface area contributed by atoms with Crippen molar-refractivity contribution in [3.05, 3.63) is 56.9 Å². The molecular formula is C23H23N3O4. The fourth-order valence-electron chi connectivity index (χ4n) is 4.60. The van der Waals surface area contributed by atoms with E-state index in [1.165, 1.54) is 0 Å². The van der Waals surface area contributed by atoms with Crippen molar-refractivity contribution in [2.75, 3.05) is 14.1 Å². The van der Waals surface area contributed by atoms with Crippen LogP contribution in [0.25, 0.3) is 22.3 Å². The Kier molecular flexibility index (Phi) is 4.18. The van der Waals surface area contributed by atoms with Gasteiger partial charge in [0.25, 0.3) is 5.56 Å². The minimum atomic E-state index is -0.416. The molecule has 0 saturated carbocycles. The first-order chi connectivity index (χ1) is 14.4. The highest BCUT2D eigenvalue weighted by atomic mass is 16.5. The zero-order chi connectivity index (χ0) is 21.2. The molecule has 0 unspecified atom stereocenters. The number of cyclic esters (lactones) is 1. The quantitative estimate of drug-likeness (QED) is 0.528. The van der Waals surface area contributed by atoms with Crippen LogP contribution < -0.4 is 5.56 Å². The van der Waals surface area contributed by atoms with E-state index in [1.54, 1.807) is 16.7 Å². The largest absolute Gasteiger partial charge is 0.508 e. The van der Waals surface area contributed by atoms with E-state index in [2.05, 4.69) is 0 Å². The molecule has 2 aliphatic rings. The van der Waals surface area contributed by atoms with E-state index in [0.29, 0.717) is 25.1 Å². The number of aromatic hydroxyl groups is 1. The van der Waals surface area contributed by atoms with E-state index < -0.39 is 5.92 Å². The van der Waals surface area contributed by atoms with Crippen LogP contribution in [0.2, 0.25) is 0 Å². The van der Waals surface area contributed by atoms with E-state index >= 15 is 0 Å². The summed E-state index contributed by atoms with van der Waals surface area (Å²) in [6.45, 7) is 2.95. The Bertz CT molecular complexity index is 1280. The van der Waals surface area contributed by atoms with E-state index in [0.717, 1.165) is 39.0 Å². The van der Waals surface area contributed by atoms with Gasteiger partial charge in [-0.05, 0) is 50.3 Å². The Morgan fingerprint density at radius 3 is 2.80 bits per heavy atom. The fourth-order valence-corrected chi connectivity index (χ4v) is 4.60. The highest BCUT2D eigenvalue weighted by Gasteiger charge is 2.34. The molecule has 5 rings (SSSR count). The van der Waals surface area contributed by atoms with Crippen LogP contribution in [0.5, 0.6) is 5.75 Å². The van der Waals surface area contributed by atoms with Crippen LogP contribution >= 0.6 is 0 Å². The molecule has 7 nitrogen and oxygen atoms in total. The first kappa shape index (κ1) is 18.8. The number of hydrogen-bond donors (Lipinski definition) is 1. The highest BCUT2D eigenvalue weighted by Crippen LogP contribution is 2.38. The smallest absolute Gasteiger partial charge is 0.313 e. The van der Waals surface area contributed by atoms with Gasteiger partial charge in [0.15, 0.2) is 0 Å². The van der Waals surface area contributed by atoms with Gasteiger partial charge in [-0.2, -0.15) is 0 Å². The van der Waals surface area contributed by atoms with Crippen molar-refractivity contribution in [2.24, 2.45) is 0 Å². The second kappa shape index (κ2) is 6.67. The summed E-state index contributed by atoms with van der Waals surface area (Å²) in [7, 11) is 3.90. The lowest BCUT2D eigenvalue weighted by molar-refractivity contribution is -0.148. The Morgan fingerprint density at radius 2 is 2.07 bits per heavy atom. The Labute approximate surface area is 173 Å². The number of benzene rings is 1. The number of esters is 1. The molecule has 154 valence electrons. The maximum atomic E-state index is 13.2. The normalized spacial score (nSPS) is 17.1. The van der Waals surface area contributed by atoms with E-state index in [-0.39, 0.29) is 23.9 Å². The number of hydrogen-bond acceptors (Lipinski definition) is 6. The van der Waals surface area contributed by atoms with E-state index in [4.69, 9.17) is 9.72 Å². The van der Waals surface area contributed by atoms with Crippen LogP contribution in [0, 0.1) is 0 Å². The van der Waals surface area contributed by atoms with Crippen LogP contribution in [-0.2, 0) is 29.2 Å². The predicted octanol–water partition coefficient (Wildman–Crippen LogP) is 2.74. The molecule has 2 aromatic heterocycles. The van der Waals surface area contributed by atoms with E-state index in [1.807, 2.05) is 38.1 Å². The summed E-state index contributed by atoms with van der Waals surface area (Å²) in [6.07, 6.45) is 0.583. The fraction of sp³-hybridized carbons (Fsp3) is 0.348. The number of phenols is 1. The average Bonchev–Trinajstić information content (AvgIpc) is 3.07. The summed E-state index contributed by atoms with van der Waals surface area (Å²) < 4.78 is 6.97. The van der Waals surface area contributed by atoms with Gasteiger partial charge in [-0.25, -0.2) is 4.98 Å². The van der Waals surface area contributed by atoms with Crippen LogP contribution in [0.4, 0.5) is 0 Å². The summed E-state index contributed by atoms with van der Waals surface area (Å²) >= 11 is 0. The van der Waals surface area contributed by atoms with Gasteiger partial charge < -0.3 is 19.3 Å². The van der Waals surface area contributed by atoms with Gasteiger partial charge in [0.2, 0.25) is 0 Å². The first-order valence-corrected chi connectivity index (χ1v) is 10.1. The van der Waals surface area contributed by atoms with Gasteiger partial charge in [0.05, 0.1) is 34.9 Å². The molecule has 0 saturated heterocycles. The topological polar surface area (TPSA) is 84.7 Å². The van der Waals surface area contributed by atoms with Crippen LogP contribution in [0.15, 0.2) is 29.1 Å². The minimum Gasteiger partial charge on any atom is -0.508 e. The number of carbonyl (C=O) groups excluding carboxylic acids is 1. The molecule has 3 aromatic rings. The molecule has 1 atom stereocenters. The molecule has 7 heteroatoms. The second-order valence-electron chi connectivity index (χ2n) is 8.29. The second-order valence-corrected chi connectivity index (χ2v) is 8.29. The highest BCUT2D eigenvalue weighted by molar-refractivity contribution is 5.89. The van der Waals surface area contributed by atoms with Crippen LogP contribution in [-0.4, -0.2) is 39.6 Å². The number of pyridine rings is 2. The zero-order valence-corrected chi connectivity index (χ0v) is 17.2. The lowest BCUT2D eigenvalue weighted by Crippen LogP contribution is -2.32. The monoisotopic (exact) mass is 405 g/mol. The number of fused-ring (bicyclic) bond motifs is 5. The van der Waals surface area contributed by atoms with Crippen molar-refractivity contribution >= 4 is 16.9 Å². The lowest BCUT2D eigenvalue weighted by Gasteiger charge is -2.24. The third-order valence-electron chi connectivity index (χ3n) is 6.07. The van der Waals surface area contributed by atoms with Crippen LogP contribution in [0.1, 0.15) is 41.5 Å². The summed E-state index contributed by atoms with van der Waals surface area (Å²) in [4.78, 5) is 32.3. The minimum absolute atomic E-state index is 0.0242. The number of aromatic nitrogens is 2. The zero-order valence-electron chi connectivity index (χ0n) is 17.2. The van der Waals surface area contributed by atoms with Gasteiger partial charge in [-0.3, -0.25) is 9.59 Å². The number of ether oxygens (including phenoxy) is 1. The van der Waals surface area contributed by atoms with Crippen molar-refractivity contribution in [2.45, 2.75) is 39.0 Å². The molecule has 0 radical (unpaired) electrons. The molecule has 1 N–H and O–H groups in total. The maximum Gasteiger partial charge on any atom is 0.313 e. The molecular weight excluding hydrogens is 382 g/mol.